The van der Waals surface area contributed by atoms with E-state index in [0.29, 0.717) is 5.92 Å². The monoisotopic (exact) mass is 358 g/mol. The Morgan fingerprint density at radius 2 is 1.85 bits per heavy atom. The van der Waals surface area contributed by atoms with Crippen molar-refractivity contribution >= 4 is 5.97 Å². The molecule has 2 aliphatic carbocycles. The van der Waals surface area contributed by atoms with E-state index in [0.717, 1.165) is 31.2 Å². The number of benzene rings is 1. The summed E-state index contributed by atoms with van der Waals surface area (Å²) in [7, 11) is 0. The van der Waals surface area contributed by atoms with Gasteiger partial charge in [0, 0.05) is 5.41 Å². The Morgan fingerprint density at radius 1 is 1.15 bits per heavy atom. The fourth-order valence-electron chi connectivity index (χ4n) is 5.95. The molecule has 0 spiro atoms. The number of hydrogen-bond acceptors (Lipinski definition) is 3. The van der Waals surface area contributed by atoms with Gasteiger partial charge in [0.15, 0.2) is 0 Å². The van der Waals surface area contributed by atoms with Crippen molar-refractivity contribution in [1.82, 2.24) is 0 Å². The predicted octanol–water partition coefficient (Wildman–Crippen LogP) is 5.11. The van der Waals surface area contributed by atoms with E-state index in [2.05, 4.69) is 27.7 Å². The third-order valence-electron chi connectivity index (χ3n) is 7.58. The Balaban J connectivity index is 1.76. The summed E-state index contributed by atoms with van der Waals surface area (Å²) in [6, 6.07) is 9.73. The van der Waals surface area contributed by atoms with Crippen LogP contribution < -0.4 is 0 Å². The summed E-state index contributed by atoms with van der Waals surface area (Å²) in [5, 5.41) is 11.8. The minimum absolute atomic E-state index is 0.101. The number of esters is 1. The number of hydrogen-bond donors (Lipinski definition) is 1. The minimum Gasteiger partial charge on any atom is -0.461 e. The standard InChI is InChI=1S/C23H34O3/c1-17-11-12-19-21(2,3)13-8-14-22(19,4)23(17,25)15-20(24)26-16-18-9-6-5-7-10-18/h5-7,9-10,17,19,25H,8,11-16H2,1-4H3/t17-,19+,22+,23?/m1/s1. The van der Waals surface area contributed by atoms with Crippen LogP contribution in [-0.4, -0.2) is 16.7 Å². The molecule has 3 rings (SSSR count). The number of fused-ring (bicyclic) bond motifs is 1. The zero-order chi connectivity index (χ0) is 19.0. The molecule has 0 heterocycles. The molecule has 1 unspecified atom stereocenters. The quantitative estimate of drug-likeness (QED) is 0.761. The maximum Gasteiger partial charge on any atom is 0.309 e. The van der Waals surface area contributed by atoms with Crippen molar-refractivity contribution in [2.75, 3.05) is 0 Å². The number of ether oxygens (including phenoxy) is 1. The van der Waals surface area contributed by atoms with Gasteiger partial charge in [-0.25, -0.2) is 0 Å². The summed E-state index contributed by atoms with van der Waals surface area (Å²) in [6.45, 7) is 9.26. The fraction of sp³-hybridized carbons (Fsp3) is 0.696. The van der Waals surface area contributed by atoms with Gasteiger partial charge in [-0.15, -0.1) is 0 Å². The van der Waals surface area contributed by atoms with Crippen molar-refractivity contribution in [2.45, 2.75) is 78.4 Å². The first-order chi connectivity index (χ1) is 12.2. The molecule has 0 bridgehead atoms. The van der Waals surface area contributed by atoms with E-state index in [-0.39, 0.29) is 35.7 Å². The second-order valence-corrected chi connectivity index (χ2v) is 9.54. The molecule has 3 heteroatoms. The molecule has 0 aliphatic heterocycles. The Bertz CT molecular complexity index is 638. The van der Waals surface area contributed by atoms with E-state index in [4.69, 9.17) is 4.74 Å². The second-order valence-electron chi connectivity index (χ2n) is 9.54. The molecule has 1 aromatic carbocycles. The lowest BCUT2D eigenvalue weighted by molar-refractivity contribution is -0.217. The van der Waals surface area contributed by atoms with Gasteiger partial charge in [-0.2, -0.15) is 0 Å². The van der Waals surface area contributed by atoms with Gasteiger partial charge in [-0.3, -0.25) is 4.79 Å². The molecule has 0 aromatic heterocycles. The van der Waals surface area contributed by atoms with Crippen LogP contribution in [0.3, 0.4) is 0 Å². The first kappa shape index (κ1) is 19.4. The lowest BCUT2D eigenvalue weighted by Crippen LogP contribution is -2.63. The van der Waals surface area contributed by atoms with Gasteiger partial charge in [-0.05, 0) is 48.5 Å². The predicted molar refractivity (Wildman–Crippen MR) is 103 cm³/mol. The third kappa shape index (κ3) is 3.31. The van der Waals surface area contributed by atoms with Gasteiger partial charge in [0.1, 0.15) is 6.61 Å². The van der Waals surface area contributed by atoms with Crippen molar-refractivity contribution in [2.24, 2.45) is 22.7 Å². The Labute approximate surface area is 158 Å². The van der Waals surface area contributed by atoms with E-state index in [1.807, 2.05) is 30.3 Å². The van der Waals surface area contributed by atoms with Crippen LogP contribution in [0.2, 0.25) is 0 Å². The molecule has 0 saturated heterocycles. The van der Waals surface area contributed by atoms with Crippen molar-refractivity contribution in [3.05, 3.63) is 35.9 Å². The topological polar surface area (TPSA) is 46.5 Å². The molecule has 1 N–H and O–H groups in total. The molecule has 0 amide bonds. The molecular formula is C23H34O3. The van der Waals surface area contributed by atoms with Crippen molar-refractivity contribution in [1.29, 1.82) is 0 Å². The van der Waals surface area contributed by atoms with E-state index < -0.39 is 5.60 Å². The first-order valence-electron chi connectivity index (χ1n) is 10.1. The van der Waals surface area contributed by atoms with E-state index >= 15 is 0 Å². The van der Waals surface area contributed by atoms with Crippen LogP contribution in [0, 0.1) is 22.7 Å². The van der Waals surface area contributed by atoms with Crippen LogP contribution in [0.25, 0.3) is 0 Å². The van der Waals surface area contributed by atoms with E-state index in [9.17, 15) is 9.90 Å². The van der Waals surface area contributed by atoms with Crippen LogP contribution in [0.1, 0.15) is 71.8 Å². The zero-order valence-electron chi connectivity index (χ0n) is 16.8. The summed E-state index contributed by atoms with van der Waals surface area (Å²) in [5.41, 5.74) is -0.0124. The molecule has 2 fully saturated rings. The van der Waals surface area contributed by atoms with Crippen LogP contribution in [0.5, 0.6) is 0 Å². The molecule has 2 aliphatic rings. The number of aliphatic hydroxyl groups is 1. The SMILES string of the molecule is C[C@@H]1CC[C@H]2C(C)(C)CCC[C@]2(C)C1(O)CC(=O)OCc1ccccc1. The van der Waals surface area contributed by atoms with Crippen molar-refractivity contribution in [3.63, 3.8) is 0 Å². The Morgan fingerprint density at radius 3 is 2.54 bits per heavy atom. The summed E-state index contributed by atoms with van der Waals surface area (Å²) in [5.74, 6) is 0.280. The van der Waals surface area contributed by atoms with Gasteiger partial charge < -0.3 is 9.84 Å². The summed E-state index contributed by atoms with van der Waals surface area (Å²) >= 11 is 0. The summed E-state index contributed by atoms with van der Waals surface area (Å²) in [6.07, 6.45) is 5.54. The Kier molecular flexibility index (Phi) is 5.22. The minimum atomic E-state index is -0.985. The van der Waals surface area contributed by atoms with Crippen LogP contribution in [0.15, 0.2) is 30.3 Å². The molecule has 144 valence electrons. The highest BCUT2D eigenvalue weighted by atomic mass is 16.5. The maximum absolute atomic E-state index is 12.6. The van der Waals surface area contributed by atoms with Gasteiger partial charge in [0.25, 0.3) is 0 Å². The molecule has 26 heavy (non-hydrogen) atoms. The van der Waals surface area contributed by atoms with Gasteiger partial charge in [-0.1, -0.05) is 64.4 Å². The molecular weight excluding hydrogens is 324 g/mol. The fourth-order valence-corrected chi connectivity index (χ4v) is 5.95. The van der Waals surface area contributed by atoms with Crippen LogP contribution >= 0.6 is 0 Å². The van der Waals surface area contributed by atoms with E-state index in [1.54, 1.807) is 0 Å². The third-order valence-corrected chi connectivity index (χ3v) is 7.58. The van der Waals surface area contributed by atoms with Crippen molar-refractivity contribution < 1.29 is 14.6 Å². The molecule has 4 atom stereocenters. The summed E-state index contributed by atoms with van der Waals surface area (Å²) < 4.78 is 5.52. The molecule has 2 saturated carbocycles. The van der Waals surface area contributed by atoms with Crippen LogP contribution in [0.4, 0.5) is 0 Å². The maximum atomic E-state index is 12.6. The second kappa shape index (κ2) is 6.99. The zero-order valence-corrected chi connectivity index (χ0v) is 16.8. The van der Waals surface area contributed by atoms with Gasteiger partial charge >= 0.3 is 5.97 Å². The van der Waals surface area contributed by atoms with Gasteiger partial charge in [0.05, 0.1) is 12.0 Å². The van der Waals surface area contributed by atoms with Gasteiger partial charge in [0.2, 0.25) is 0 Å². The number of rotatable bonds is 4. The van der Waals surface area contributed by atoms with Crippen LogP contribution in [-0.2, 0) is 16.1 Å². The highest BCUT2D eigenvalue weighted by molar-refractivity contribution is 5.71. The first-order valence-corrected chi connectivity index (χ1v) is 10.1. The highest BCUT2D eigenvalue weighted by Gasteiger charge is 2.61. The van der Waals surface area contributed by atoms with Crippen molar-refractivity contribution in [3.8, 4) is 0 Å². The number of carbonyl (C=O) groups excluding carboxylic acids is 1. The Hall–Kier alpha value is -1.35. The largest absolute Gasteiger partial charge is 0.461 e. The molecule has 3 nitrogen and oxygen atoms in total. The van der Waals surface area contributed by atoms with E-state index in [1.165, 1.54) is 6.42 Å². The smallest absolute Gasteiger partial charge is 0.309 e. The average molecular weight is 359 g/mol. The lowest BCUT2D eigenvalue weighted by Gasteiger charge is -2.62. The average Bonchev–Trinajstić information content (AvgIpc) is 2.58. The number of carbonyl (C=O) groups is 1. The molecule has 0 radical (unpaired) electrons. The molecule has 1 aromatic rings. The normalized spacial score (nSPS) is 36.2. The summed E-state index contributed by atoms with van der Waals surface area (Å²) in [4.78, 5) is 12.6. The lowest BCUT2D eigenvalue weighted by atomic mass is 9.44. The highest BCUT2D eigenvalue weighted by Crippen LogP contribution is 2.63.